The topological polar surface area (TPSA) is 49.5 Å². The van der Waals surface area contributed by atoms with Crippen LogP contribution >= 0.6 is 0 Å². The Hall–Kier alpha value is -0.120. The van der Waals surface area contributed by atoms with Gasteiger partial charge in [0.1, 0.15) is 0 Å². The molecule has 2 aliphatic carbocycles. The van der Waals surface area contributed by atoms with Gasteiger partial charge < -0.3 is 10.8 Å². The number of hydrogen-bond donors (Lipinski definition) is 2. The Morgan fingerprint density at radius 1 is 0.889 bits per heavy atom. The van der Waals surface area contributed by atoms with Gasteiger partial charge >= 0.3 is 0 Å². The third kappa shape index (κ3) is 3.94. The number of rotatable bonds is 5. The van der Waals surface area contributed by atoms with E-state index in [1.807, 2.05) is 0 Å². The average molecular weight is 254 g/mol. The van der Waals surface area contributed by atoms with E-state index in [4.69, 9.17) is 5.73 Å². The first-order chi connectivity index (χ1) is 8.81. The molecule has 0 unspecified atom stereocenters. The van der Waals surface area contributed by atoms with Crippen LogP contribution in [0.1, 0.15) is 64.2 Å². The molecule has 0 aromatic rings. The van der Waals surface area contributed by atoms with Gasteiger partial charge in [-0.15, -0.1) is 0 Å². The van der Waals surface area contributed by atoms with E-state index in [1.54, 1.807) is 0 Å². The van der Waals surface area contributed by atoms with Gasteiger partial charge in [-0.3, -0.25) is 4.90 Å². The molecule has 0 aromatic carbocycles. The van der Waals surface area contributed by atoms with Crippen LogP contribution in [0.25, 0.3) is 0 Å². The van der Waals surface area contributed by atoms with Gasteiger partial charge in [0.05, 0.1) is 6.10 Å². The van der Waals surface area contributed by atoms with Crippen molar-refractivity contribution in [3.63, 3.8) is 0 Å². The molecule has 2 aliphatic rings. The van der Waals surface area contributed by atoms with Gasteiger partial charge in [-0.2, -0.15) is 0 Å². The second kappa shape index (κ2) is 7.46. The van der Waals surface area contributed by atoms with Gasteiger partial charge in [0.15, 0.2) is 0 Å². The molecule has 0 bridgehead atoms. The van der Waals surface area contributed by atoms with E-state index in [0.29, 0.717) is 18.6 Å². The van der Waals surface area contributed by atoms with Crippen molar-refractivity contribution in [2.45, 2.75) is 82.4 Å². The molecule has 0 spiro atoms. The average Bonchev–Trinajstić information content (AvgIpc) is 2.46. The highest BCUT2D eigenvalue weighted by Gasteiger charge is 2.29. The normalized spacial score (nSPS) is 25.5. The Labute approximate surface area is 112 Å². The summed E-state index contributed by atoms with van der Waals surface area (Å²) in [6.07, 6.45) is 13.2. The molecule has 2 saturated carbocycles. The van der Waals surface area contributed by atoms with Crippen LogP contribution in [-0.4, -0.2) is 41.3 Å². The molecule has 1 atom stereocenters. The predicted octanol–water partition coefficient (Wildman–Crippen LogP) is 2.27. The Morgan fingerprint density at radius 2 is 1.33 bits per heavy atom. The van der Waals surface area contributed by atoms with Crippen LogP contribution in [0, 0.1) is 0 Å². The minimum absolute atomic E-state index is 0.339. The van der Waals surface area contributed by atoms with E-state index in [9.17, 15) is 5.11 Å². The first kappa shape index (κ1) is 14.3. The molecule has 18 heavy (non-hydrogen) atoms. The molecule has 0 heterocycles. The molecule has 0 aliphatic heterocycles. The highest BCUT2D eigenvalue weighted by atomic mass is 16.3. The van der Waals surface area contributed by atoms with Crippen LogP contribution in [-0.2, 0) is 0 Å². The Bertz CT molecular complexity index is 205. The first-order valence-corrected chi connectivity index (χ1v) is 7.95. The van der Waals surface area contributed by atoms with Crippen molar-refractivity contribution in [3.05, 3.63) is 0 Å². The molecular weight excluding hydrogens is 224 g/mol. The molecule has 0 aromatic heterocycles. The molecule has 0 radical (unpaired) electrons. The van der Waals surface area contributed by atoms with Crippen molar-refractivity contribution < 1.29 is 5.11 Å². The smallest absolute Gasteiger partial charge is 0.0789 e. The summed E-state index contributed by atoms with van der Waals surface area (Å²) in [7, 11) is 0. The van der Waals surface area contributed by atoms with Crippen LogP contribution in [0.15, 0.2) is 0 Å². The summed E-state index contributed by atoms with van der Waals surface area (Å²) in [6.45, 7) is 1.20. The van der Waals surface area contributed by atoms with E-state index in [0.717, 1.165) is 6.54 Å². The maximum Gasteiger partial charge on any atom is 0.0789 e. The Kier molecular flexibility index (Phi) is 5.93. The minimum atomic E-state index is -0.339. The number of hydrogen-bond acceptors (Lipinski definition) is 3. The summed E-state index contributed by atoms with van der Waals surface area (Å²) < 4.78 is 0. The summed E-state index contributed by atoms with van der Waals surface area (Å²) in [5.74, 6) is 0. The summed E-state index contributed by atoms with van der Waals surface area (Å²) in [5, 5.41) is 9.92. The summed E-state index contributed by atoms with van der Waals surface area (Å²) >= 11 is 0. The zero-order valence-electron chi connectivity index (χ0n) is 11.7. The first-order valence-electron chi connectivity index (χ1n) is 7.95. The standard InChI is InChI=1S/C15H30N2O/c16-11-15(18)12-17(13-7-3-1-4-8-13)14-9-5-2-6-10-14/h13-15,18H,1-12,16H2/t15-/m1/s1. The fourth-order valence-electron chi connectivity index (χ4n) is 3.74. The van der Waals surface area contributed by atoms with Crippen molar-refractivity contribution in [3.8, 4) is 0 Å². The number of nitrogens with zero attached hydrogens (tertiary/aromatic N) is 1. The molecule has 3 nitrogen and oxygen atoms in total. The lowest BCUT2D eigenvalue weighted by Crippen LogP contribution is -2.49. The lowest BCUT2D eigenvalue weighted by atomic mass is 9.88. The van der Waals surface area contributed by atoms with E-state index in [1.165, 1.54) is 64.2 Å². The molecular formula is C15H30N2O. The summed E-state index contributed by atoms with van der Waals surface area (Å²) in [5.41, 5.74) is 5.60. The van der Waals surface area contributed by atoms with Crippen LogP contribution in [0.2, 0.25) is 0 Å². The fourth-order valence-corrected chi connectivity index (χ4v) is 3.74. The second-order valence-corrected chi connectivity index (χ2v) is 6.17. The van der Waals surface area contributed by atoms with Gasteiger partial charge in [-0.05, 0) is 25.7 Å². The SMILES string of the molecule is NC[C@@H](O)CN(C1CCCCC1)C1CCCCC1. The summed E-state index contributed by atoms with van der Waals surface area (Å²) in [4.78, 5) is 2.62. The van der Waals surface area contributed by atoms with Crippen LogP contribution in [0.3, 0.4) is 0 Å². The second-order valence-electron chi connectivity index (χ2n) is 6.17. The van der Waals surface area contributed by atoms with Crippen molar-refractivity contribution >= 4 is 0 Å². The lowest BCUT2D eigenvalue weighted by molar-refractivity contribution is 0.0323. The van der Waals surface area contributed by atoms with E-state index in [-0.39, 0.29) is 6.10 Å². The van der Waals surface area contributed by atoms with Crippen LogP contribution in [0.4, 0.5) is 0 Å². The number of aliphatic hydroxyl groups is 1. The molecule has 0 amide bonds. The van der Waals surface area contributed by atoms with Gasteiger partial charge in [-0.25, -0.2) is 0 Å². The fraction of sp³-hybridized carbons (Fsp3) is 1.00. The zero-order chi connectivity index (χ0) is 12.8. The monoisotopic (exact) mass is 254 g/mol. The third-order valence-electron chi connectivity index (χ3n) is 4.78. The van der Waals surface area contributed by atoms with Crippen LogP contribution < -0.4 is 5.73 Å². The predicted molar refractivity (Wildman–Crippen MR) is 75.5 cm³/mol. The summed E-state index contributed by atoms with van der Waals surface area (Å²) in [6, 6.07) is 1.42. The molecule has 2 fully saturated rings. The number of aliphatic hydroxyl groups excluding tert-OH is 1. The minimum Gasteiger partial charge on any atom is -0.390 e. The maximum absolute atomic E-state index is 9.92. The maximum atomic E-state index is 9.92. The van der Waals surface area contributed by atoms with E-state index in [2.05, 4.69) is 4.90 Å². The van der Waals surface area contributed by atoms with Gasteiger partial charge in [-0.1, -0.05) is 38.5 Å². The largest absolute Gasteiger partial charge is 0.390 e. The lowest BCUT2D eigenvalue weighted by Gasteiger charge is -2.42. The van der Waals surface area contributed by atoms with E-state index >= 15 is 0 Å². The molecule has 3 N–H and O–H groups in total. The van der Waals surface area contributed by atoms with Crippen molar-refractivity contribution in [2.24, 2.45) is 5.73 Å². The third-order valence-corrected chi connectivity index (χ3v) is 4.78. The van der Waals surface area contributed by atoms with Crippen molar-refractivity contribution in [1.82, 2.24) is 4.90 Å². The van der Waals surface area contributed by atoms with E-state index < -0.39 is 0 Å². The highest BCUT2D eigenvalue weighted by molar-refractivity contribution is 4.85. The van der Waals surface area contributed by atoms with Gasteiger partial charge in [0, 0.05) is 25.2 Å². The quantitative estimate of drug-likeness (QED) is 0.791. The Morgan fingerprint density at radius 3 is 1.72 bits per heavy atom. The Balaban J connectivity index is 1.95. The highest BCUT2D eigenvalue weighted by Crippen LogP contribution is 2.30. The molecule has 3 heteroatoms. The molecule has 0 saturated heterocycles. The van der Waals surface area contributed by atoms with Crippen molar-refractivity contribution in [1.29, 1.82) is 0 Å². The van der Waals surface area contributed by atoms with Crippen LogP contribution in [0.5, 0.6) is 0 Å². The number of nitrogens with two attached hydrogens (primary N) is 1. The molecule has 2 rings (SSSR count). The zero-order valence-corrected chi connectivity index (χ0v) is 11.7. The molecule has 106 valence electrons. The van der Waals surface area contributed by atoms with Crippen molar-refractivity contribution in [2.75, 3.05) is 13.1 Å². The van der Waals surface area contributed by atoms with Gasteiger partial charge in [0.2, 0.25) is 0 Å². The van der Waals surface area contributed by atoms with Gasteiger partial charge in [0.25, 0.3) is 0 Å².